The zero-order valence-corrected chi connectivity index (χ0v) is 17.4. The van der Waals surface area contributed by atoms with E-state index >= 15 is 0 Å². The van der Waals surface area contributed by atoms with E-state index in [1.165, 1.54) is 33.2 Å². The number of fused-ring (bicyclic) bond motifs is 4. The summed E-state index contributed by atoms with van der Waals surface area (Å²) in [6, 6.07) is 12.4. The van der Waals surface area contributed by atoms with Gasteiger partial charge in [-0.15, -0.1) is 21.5 Å². The van der Waals surface area contributed by atoms with Gasteiger partial charge in [0, 0.05) is 23.4 Å². The average Bonchev–Trinajstić information content (AvgIpc) is 3.34. The second-order valence-electron chi connectivity index (χ2n) is 7.16. The van der Waals surface area contributed by atoms with Crippen molar-refractivity contribution in [3.05, 3.63) is 57.8 Å². The van der Waals surface area contributed by atoms with Crippen molar-refractivity contribution in [2.45, 2.75) is 37.2 Å². The van der Waals surface area contributed by atoms with Gasteiger partial charge in [-0.3, -0.25) is 9.20 Å². The molecule has 1 atom stereocenters. The number of carbonyl (C=O) groups is 1. The summed E-state index contributed by atoms with van der Waals surface area (Å²) in [5.41, 5.74) is 4.36. The van der Waals surface area contributed by atoms with Crippen molar-refractivity contribution >= 4 is 45.6 Å². The minimum atomic E-state index is -0.215. The Kier molecular flexibility index (Phi) is 4.36. The van der Waals surface area contributed by atoms with Crippen LogP contribution in [0.15, 0.2) is 46.9 Å². The van der Waals surface area contributed by atoms with E-state index < -0.39 is 0 Å². The van der Waals surface area contributed by atoms with Crippen LogP contribution in [-0.4, -0.2) is 37.2 Å². The fraction of sp³-hybridized carbons (Fsp3) is 0.286. The Morgan fingerprint density at radius 1 is 1.25 bits per heavy atom. The molecular formula is C21H20N4OS2. The molecule has 3 aromatic heterocycles. The lowest BCUT2D eigenvalue weighted by Crippen LogP contribution is -2.39. The molecular weight excluding hydrogens is 388 g/mol. The Morgan fingerprint density at radius 2 is 2.11 bits per heavy atom. The number of para-hydroxylation sites is 1. The molecule has 1 aliphatic heterocycles. The molecule has 4 aromatic rings. The number of thioether (sulfide) groups is 1. The van der Waals surface area contributed by atoms with Crippen molar-refractivity contribution in [1.82, 2.24) is 19.5 Å². The lowest BCUT2D eigenvalue weighted by atomic mass is 10.1. The van der Waals surface area contributed by atoms with Crippen LogP contribution in [-0.2, 0) is 17.8 Å². The van der Waals surface area contributed by atoms with Gasteiger partial charge in [0.15, 0.2) is 10.8 Å². The van der Waals surface area contributed by atoms with Crippen LogP contribution in [0.2, 0.25) is 0 Å². The number of rotatable bonds is 3. The van der Waals surface area contributed by atoms with Crippen molar-refractivity contribution in [2.24, 2.45) is 0 Å². The molecule has 1 unspecified atom stereocenters. The summed E-state index contributed by atoms with van der Waals surface area (Å²) in [6.07, 6.45) is 0.952. The van der Waals surface area contributed by atoms with Crippen LogP contribution in [0.1, 0.15) is 22.9 Å². The van der Waals surface area contributed by atoms with Gasteiger partial charge >= 0.3 is 0 Å². The zero-order valence-electron chi connectivity index (χ0n) is 15.8. The zero-order chi connectivity index (χ0) is 19.3. The molecule has 28 heavy (non-hydrogen) atoms. The van der Waals surface area contributed by atoms with E-state index in [0.29, 0.717) is 6.54 Å². The molecule has 7 heteroatoms. The first-order valence-electron chi connectivity index (χ1n) is 9.36. The molecule has 0 saturated carbocycles. The molecule has 4 heterocycles. The Bertz CT molecular complexity index is 1200. The SMILES string of the molecule is Cc1cc2nnc(SC(C)C(=O)N3CCc4sccc4C3)n2c2ccccc12. The van der Waals surface area contributed by atoms with Crippen molar-refractivity contribution in [2.75, 3.05) is 6.54 Å². The third-order valence-corrected chi connectivity index (χ3v) is 7.38. The normalized spacial score (nSPS) is 15.1. The molecule has 0 bridgehead atoms. The largest absolute Gasteiger partial charge is 0.337 e. The van der Waals surface area contributed by atoms with E-state index in [0.717, 1.165) is 29.3 Å². The Morgan fingerprint density at radius 3 is 3.00 bits per heavy atom. The maximum absolute atomic E-state index is 13.1. The van der Waals surface area contributed by atoms with E-state index in [-0.39, 0.29) is 11.2 Å². The molecule has 5 rings (SSSR count). The third kappa shape index (κ3) is 2.89. The summed E-state index contributed by atoms with van der Waals surface area (Å²) in [6.45, 7) is 5.56. The van der Waals surface area contributed by atoms with Crippen molar-refractivity contribution in [1.29, 1.82) is 0 Å². The van der Waals surface area contributed by atoms with E-state index in [1.54, 1.807) is 11.3 Å². The maximum atomic E-state index is 13.1. The van der Waals surface area contributed by atoms with Crippen LogP contribution in [0, 0.1) is 6.92 Å². The number of hydrogen-bond acceptors (Lipinski definition) is 5. The number of thiophene rings is 1. The van der Waals surface area contributed by atoms with E-state index in [9.17, 15) is 4.79 Å². The highest BCUT2D eigenvalue weighted by Gasteiger charge is 2.27. The molecule has 0 radical (unpaired) electrons. The predicted octanol–water partition coefficient (Wildman–Crippen LogP) is 4.32. The Balaban J connectivity index is 1.44. The first kappa shape index (κ1) is 17.7. The maximum Gasteiger partial charge on any atom is 0.236 e. The number of pyridine rings is 1. The number of amides is 1. The number of nitrogens with zero attached hydrogens (tertiary/aromatic N) is 4. The van der Waals surface area contributed by atoms with Gasteiger partial charge in [0.05, 0.1) is 10.8 Å². The van der Waals surface area contributed by atoms with Crippen LogP contribution in [0.5, 0.6) is 0 Å². The third-order valence-electron chi connectivity index (χ3n) is 5.32. The average molecular weight is 409 g/mol. The van der Waals surface area contributed by atoms with Crippen molar-refractivity contribution in [3.8, 4) is 0 Å². The predicted molar refractivity (Wildman–Crippen MR) is 114 cm³/mol. The highest BCUT2D eigenvalue weighted by molar-refractivity contribution is 8.00. The van der Waals surface area contributed by atoms with Crippen LogP contribution >= 0.6 is 23.1 Å². The topological polar surface area (TPSA) is 50.5 Å². The highest BCUT2D eigenvalue weighted by Crippen LogP contribution is 2.30. The lowest BCUT2D eigenvalue weighted by Gasteiger charge is -2.29. The summed E-state index contributed by atoms with van der Waals surface area (Å²) in [5, 5.41) is 12.6. The molecule has 0 N–H and O–H groups in total. The Hall–Kier alpha value is -2.38. The molecule has 0 saturated heterocycles. The lowest BCUT2D eigenvalue weighted by molar-refractivity contribution is -0.131. The van der Waals surface area contributed by atoms with Crippen LogP contribution in [0.25, 0.3) is 16.6 Å². The molecule has 0 fully saturated rings. The number of aromatic nitrogens is 3. The smallest absolute Gasteiger partial charge is 0.236 e. The fourth-order valence-corrected chi connectivity index (χ4v) is 5.69. The molecule has 0 spiro atoms. The first-order valence-corrected chi connectivity index (χ1v) is 11.1. The Labute approximate surface area is 171 Å². The summed E-state index contributed by atoms with van der Waals surface area (Å²) >= 11 is 3.28. The molecule has 1 aliphatic rings. The standard InChI is InChI=1S/C21H20N4OS2/c1-13-11-19-22-23-21(25(19)17-6-4-3-5-16(13)17)28-14(2)20(26)24-9-7-18-15(12-24)8-10-27-18/h3-6,8,10-11,14H,7,9,12H2,1-2H3. The second kappa shape index (κ2) is 6.90. The van der Waals surface area contributed by atoms with Gasteiger partial charge in [-0.1, -0.05) is 30.0 Å². The molecule has 1 aromatic carbocycles. The van der Waals surface area contributed by atoms with Gasteiger partial charge in [-0.25, -0.2) is 0 Å². The van der Waals surface area contributed by atoms with E-state index in [2.05, 4.69) is 51.2 Å². The van der Waals surface area contributed by atoms with Crippen LogP contribution in [0.3, 0.4) is 0 Å². The number of aryl methyl sites for hydroxylation is 1. The van der Waals surface area contributed by atoms with Gasteiger partial charge in [0.1, 0.15) is 0 Å². The van der Waals surface area contributed by atoms with Gasteiger partial charge < -0.3 is 4.90 Å². The molecule has 5 nitrogen and oxygen atoms in total. The molecule has 0 aliphatic carbocycles. The monoisotopic (exact) mass is 408 g/mol. The van der Waals surface area contributed by atoms with Crippen molar-refractivity contribution < 1.29 is 4.79 Å². The highest BCUT2D eigenvalue weighted by atomic mass is 32.2. The molecule has 142 valence electrons. The first-order chi connectivity index (χ1) is 13.6. The summed E-state index contributed by atoms with van der Waals surface area (Å²) < 4.78 is 2.06. The molecule has 1 amide bonds. The minimum absolute atomic E-state index is 0.162. The summed E-state index contributed by atoms with van der Waals surface area (Å²) in [7, 11) is 0. The van der Waals surface area contributed by atoms with Gasteiger partial charge in [0.2, 0.25) is 5.91 Å². The van der Waals surface area contributed by atoms with Crippen molar-refractivity contribution in [3.63, 3.8) is 0 Å². The summed E-state index contributed by atoms with van der Waals surface area (Å²) in [4.78, 5) is 16.4. The second-order valence-corrected chi connectivity index (χ2v) is 9.47. The fourth-order valence-electron chi connectivity index (χ4n) is 3.85. The van der Waals surface area contributed by atoms with Gasteiger partial charge in [0.25, 0.3) is 0 Å². The van der Waals surface area contributed by atoms with Crippen LogP contribution < -0.4 is 0 Å². The summed E-state index contributed by atoms with van der Waals surface area (Å²) in [5.74, 6) is 0.162. The number of benzene rings is 1. The van der Waals surface area contributed by atoms with E-state index in [4.69, 9.17) is 0 Å². The number of hydrogen-bond donors (Lipinski definition) is 0. The van der Waals surface area contributed by atoms with Gasteiger partial charge in [-0.2, -0.15) is 0 Å². The van der Waals surface area contributed by atoms with Crippen LogP contribution in [0.4, 0.5) is 0 Å². The number of carbonyl (C=O) groups excluding carboxylic acids is 1. The quantitative estimate of drug-likeness (QED) is 0.474. The minimum Gasteiger partial charge on any atom is -0.337 e. The van der Waals surface area contributed by atoms with Gasteiger partial charge in [-0.05, 0) is 55.0 Å². The van der Waals surface area contributed by atoms with E-state index in [1.807, 2.05) is 24.0 Å².